The Morgan fingerprint density at radius 1 is 0.950 bits per heavy atom. The smallest absolute Gasteiger partial charge is 0.223 e. The van der Waals surface area contributed by atoms with Gasteiger partial charge in [-0.2, -0.15) is 0 Å². The molecule has 2 aliphatic heterocycles. The molecule has 0 radical (unpaired) electrons. The molecule has 2 aliphatic rings. The van der Waals surface area contributed by atoms with Gasteiger partial charge < -0.3 is 9.80 Å². The Morgan fingerprint density at radius 2 is 1.55 bits per heavy atom. The number of hydrogen-bond donors (Lipinski definition) is 0. The van der Waals surface area contributed by atoms with Crippen molar-refractivity contribution in [2.75, 3.05) is 45.8 Å². The number of likely N-dealkylation sites (tertiary alicyclic amines) is 1. The van der Waals surface area contributed by atoms with Gasteiger partial charge in [0.2, 0.25) is 11.8 Å². The monoisotopic (exact) mass is 281 g/mol. The molecular formula is C14H23N3O3. The van der Waals surface area contributed by atoms with Crippen LogP contribution in [0.5, 0.6) is 0 Å². The van der Waals surface area contributed by atoms with Crippen molar-refractivity contribution in [2.45, 2.75) is 26.2 Å². The second-order valence-electron chi connectivity index (χ2n) is 5.52. The van der Waals surface area contributed by atoms with Crippen LogP contribution in [0.4, 0.5) is 0 Å². The lowest BCUT2D eigenvalue weighted by Gasteiger charge is -2.34. The highest BCUT2D eigenvalue weighted by molar-refractivity contribution is 5.83. The van der Waals surface area contributed by atoms with Gasteiger partial charge >= 0.3 is 0 Å². The van der Waals surface area contributed by atoms with Crippen molar-refractivity contribution < 1.29 is 14.4 Å². The molecule has 0 aromatic heterocycles. The molecule has 2 rings (SSSR count). The maximum absolute atomic E-state index is 12.0. The average molecular weight is 281 g/mol. The number of piperidine rings is 1. The third-order valence-electron chi connectivity index (χ3n) is 4.13. The van der Waals surface area contributed by atoms with Crippen LogP contribution in [0.3, 0.4) is 0 Å². The first-order chi connectivity index (χ1) is 9.56. The third-order valence-corrected chi connectivity index (χ3v) is 4.13. The summed E-state index contributed by atoms with van der Waals surface area (Å²) in [5.74, 6) is 0.527. The van der Waals surface area contributed by atoms with E-state index in [4.69, 9.17) is 0 Å². The van der Waals surface area contributed by atoms with E-state index in [0.717, 1.165) is 32.7 Å². The standard InChI is InChI=1S/C14H23N3O3/c1-12(18)16-10-8-15(9-11-16)5-4-14(20)17-6-2-13(19)3-7-17/h2-11H2,1H3. The summed E-state index contributed by atoms with van der Waals surface area (Å²) in [5, 5.41) is 0. The molecular weight excluding hydrogens is 258 g/mol. The number of ketones is 1. The van der Waals surface area contributed by atoms with E-state index in [1.54, 1.807) is 11.8 Å². The topological polar surface area (TPSA) is 60.9 Å². The SMILES string of the molecule is CC(=O)N1CCN(CCC(=O)N2CCC(=O)CC2)CC1. The molecule has 0 atom stereocenters. The van der Waals surface area contributed by atoms with E-state index >= 15 is 0 Å². The van der Waals surface area contributed by atoms with Crippen molar-refractivity contribution in [3.63, 3.8) is 0 Å². The van der Waals surface area contributed by atoms with Gasteiger partial charge in [-0.3, -0.25) is 19.3 Å². The highest BCUT2D eigenvalue weighted by Gasteiger charge is 2.22. The molecule has 2 heterocycles. The molecule has 0 aromatic rings. The largest absolute Gasteiger partial charge is 0.342 e. The van der Waals surface area contributed by atoms with Crippen molar-refractivity contribution in [3.05, 3.63) is 0 Å². The van der Waals surface area contributed by atoms with Gasteiger partial charge in [0.05, 0.1) is 0 Å². The summed E-state index contributed by atoms with van der Waals surface area (Å²) in [7, 11) is 0. The lowest BCUT2D eigenvalue weighted by Crippen LogP contribution is -2.49. The number of nitrogens with zero attached hydrogens (tertiary/aromatic N) is 3. The second-order valence-corrected chi connectivity index (χ2v) is 5.52. The van der Waals surface area contributed by atoms with Crippen LogP contribution in [0.15, 0.2) is 0 Å². The van der Waals surface area contributed by atoms with Crippen molar-refractivity contribution in [1.29, 1.82) is 0 Å². The number of Topliss-reactive ketones (excluding diaryl/α,β-unsaturated/α-hetero) is 1. The number of piperazine rings is 1. The first kappa shape index (κ1) is 15.0. The van der Waals surface area contributed by atoms with Gasteiger partial charge in [-0.05, 0) is 0 Å². The quantitative estimate of drug-likeness (QED) is 0.714. The summed E-state index contributed by atoms with van der Waals surface area (Å²) < 4.78 is 0. The summed E-state index contributed by atoms with van der Waals surface area (Å²) in [5.41, 5.74) is 0. The average Bonchev–Trinajstić information content (AvgIpc) is 2.46. The minimum Gasteiger partial charge on any atom is -0.342 e. The second kappa shape index (κ2) is 6.83. The number of carbonyl (C=O) groups excluding carboxylic acids is 3. The Bertz CT molecular complexity index is 379. The third kappa shape index (κ3) is 4.03. The van der Waals surface area contributed by atoms with E-state index in [9.17, 15) is 14.4 Å². The summed E-state index contributed by atoms with van der Waals surface area (Å²) >= 11 is 0. The molecule has 0 aromatic carbocycles. The van der Waals surface area contributed by atoms with Crippen LogP contribution in [0, 0.1) is 0 Å². The van der Waals surface area contributed by atoms with Crippen LogP contribution >= 0.6 is 0 Å². The van der Waals surface area contributed by atoms with Gasteiger partial charge in [-0.1, -0.05) is 0 Å². The van der Waals surface area contributed by atoms with Crippen molar-refractivity contribution in [3.8, 4) is 0 Å². The summed E-state index contributed by atoms with van der Waals surface area (Å²) in [6, 6.07) is 0. The molecule has 2 saturated heterocycles. The number of rotatable bonds is 3. The maximum atomic E-state index is 12.0. The van der Waals surface area contributed by atoms with E-state index in [1.807, 2.05) is 4.90 Å². The Balaban J connectivity index is 1.67. The summed E-state index contributed by atoms with van der Waals surface area (Å²) in [4.78, 5) is 40.3. The number of carbonyl (C=O) groups is 3. The van der Waals surface area contributed by atoms with Crippen LogP contribution in [-0.2, 0) is 14.4 Å². The van der Waals surface area contributed by atoms with Crippen LogP contribution in [0.2, 0.25) is 0 Å². The fraction of sp³-hybridized carbons (Fsp3) is 0.786. The van der Waals surface area contributed by atoms with E-state index in [1.165, 1.54) is 0 Å². The fourth-order valence-corrected chi connectivity index (χ4v) is 2.70. The first-order valence-electron chi connectivity index (χ1n) is 7.33. The van der Waals surface area contributed by atoms with E-state index in [2.05, 4.69) is 4.90 Å². The predicted octanol–water partition coefficient (Wildman–Crippen LogP) is -0.268. The molecule has 20 heavy (non-hydrogen) atoms. The Labute approximate surface area is 119 Å². The van der Waals surface area contributed by atoms with Gasteiger partial charge in [-0.25, -0.2) is 0 Å². The molecule has 0 unspecified atom stereocenters. The van der Waals surface area contributed by atoms with Crippen molar-refractivity contribution in [1.82, 2.24) is 14.7 Å². The lowest BCUT2D eigenvalue weighted by molar-refractivity contribution is -0.136. The summed E-state index contributed by atoms with van der Waals surface area (Å²) in [6.45, 7) is 6.68. The summed E-state index contributed by atoms with van der Waals surface area (Å²) in [6.07, 6.45) is 1.51. The van der Waals surface area contributed by atoms with Crippen LogP contribution in [0.25, 0.3) is 0 Å². The van der Waals surface area contributed by atoms with Crippen molar-refractivity contribution in [2.24, 2.45) is 0 Å². The van der Waals surface area contributed by atoms with Crippen LogP contribution < -0.4 is 0 Å². The predicted molar refractivity (Wildman–Crippen MR) is 74.1 cm³/mol. The molecule has 6 nitrogen and oxygen atoms in total. The highest BCUT2D eigenvalue weighted by Crippen LogP contribution is 2.09. The molecule has 0 spiro atoms. The maximum Gasteiger partial charge on any atom is 0.223 e. The first-order valence-corrected chi connectivity index (χ1v) is 7.33. The lowest BCUT2D eigenvalue weighted by atomic mass is 10.1. The molecule has 112 valence electrons. The van der Waals surface area contributed by atoms with Crippen molar-refractivity contribution >= 4 is 17.6 Å². The van der Waals surface area contributed by atoms with Gasteiger partial charge in [0.25, 0.3) is 0 Å². The van der Waals surface area contributed by atoms with E-state index < -0.39 is 0 Å². The van der Waals surface area contributed by atoms with Crippen LogP contribution in [0.1, 0.15) is 26.2 Å². The zero-order valence-corrected chi connectivity index (χ0v) is 12.1. The minimum atomic E-state index is 0.124. The Kier molecular flexibility index (Phi) is 5.11. The van der Waals surface area contributed by atoms with Crippen LogP contribution in [-0.4, -0.2) is 78.1 Å². The minimum absolute atomic E-state index is 0.124. The number of amides is 2. The normalized spacial score (nSPS) is 21.1. The zero-order valence-electron chi connectivity index (χ0n) is 12.1. The highest BCUT2D eigenvalue weighted by atomic mass is 16.2. The van der Waals surface area contributed by atoms with E-state index in [0.29, 0.717) is 32.4 Å². The molecule has 0 saturated carbocycles. The van der Waals surface area contributed by atoms with Gasteiger partial charge in [0.15, 0.2) is 0 Å². The van der Waals surface area contributed by atoms with E-state index in [-0.39, 0.29) is 17.6 Å². The molecule has 2 amide bonds. The molecule has 2 fully saturated rings. The van der Waals surface area contributed by atoms with Gasteiger partial charge in [0.1, 0.15) is 5.78 Å². The Hall–Kier alpha value is -1.43. The molecule has 0 N–H and O–H groups in total. The number of hydrogen-bond acceptors (Lipinski definition) is 4. The molecule has 6 heteroatoms. The Morgan fingerprint density at radius 3 is 2.10 bits per heavy atom. The fourth-order valence-electron chi connectivity index (χ4n) is 2.70. The zero-order chi connectivity index (χ0) is 14.5. The van der Waals surface area contributed by atoms with Gasteiger partial charge in [0, 0.05) is 72.0 Å². The molecule has 0 aliphatic carbocycles. The van der Waals surface area contributed by atoms with Gasteiger partial charge in [-0.15, -0.1) is 0 Å². The molecule has 0 bridgehead atoms.